The fourth-order valence-electron chi connectivity index (χ4n) is 3.41. The van der Waals surface area contributed by atoms with Crippen molar-refractivity contribution in [3.8, 4) is 11.3 Å². The molecule has 0 spiro atoms. The van der Waals surface area contributed by atoms with Crippen molar-refractivity contribution in [2.75, 3.05) is 32.5 Å². The molecule has 3 aromatic rings. The summed E-state index contributed by atoms with van der Waals surface area (Å²) in [5.74, 6) is 0.514. The van der Waals surface area contributed by atoms with E-state index in [1.54, 1.807) is 20.3 Å². The SMILES string of the molecule is CN(C)S(=O)(=O)N1CC[C@@H](Nc2nccc(-c3ccc4ccccc4c3)n2)C1. The molecular weight excluding hydrogens is 374 g/mol. The second-order valence-electron chi connectivity index (χ2n) is 7.11. The number of benzene rings is 2. The average Bonchev–Trinajstić information content (AvgIpc) is 3.17. The minimum atomic E-state index is -3.39. The van der Waals surface area contributed by atoms with Crippen molar-refractivity contribution >= 4 is 26.9 Å². The zero-order chi connectivity index (χ0) is 19.7. The van der Waals surface area contributed by atoms with Crippen LogP contribution < -0.4 is 5.32 Å². The van der Waals surface area contributed by atoms with E-state index in [2.05, 4.69) is 45.6 Å². The van der Waals surface area contributed by atoms with Gasteiger partial charge in [0.15, 0.2) is 0 Å². The maximum Gasteiger partial charge on any atom is 0.281 e. The van der Waals surface area contributed by atoms with Crippen molar-refractivity contribution in [2.45, 2.75) is 12.5 Å². The summed E-state index contributed by atoms with van der Waals surface area (Å²) in [7, 11) is -0.292. The van der Waals surface area contributed by atoms with Crippen molar-refractivity contribution in [3.05, 3.63) is 54.7 Å². The van der Waals surface area contributed by atoms with Gasteiger partial charge in [-0.15, -0.1) is 0 Å². The molecular formula is C20H23N5O2S. The van der Waals surface area contributed by atoms with E-state index in [0.29, 0.717) is 19.0 Å². The number of nitrogens with one attached hydrogen (secondary N) is 1. The lowest BCUT2D eigenvalue weighted by molar-refractivity contribution is 0.420. The van der Waals surface area contributed by atoms with Gasteiger partial charge in [0.2, 0.25) is 5.95 Å². The van der Waals surface area contributed by atoms with Gasteiger partial charge >= 0.3 is 0 Å². The molecule has 2 heterocycles. The smallest absolute Gasteiger partial charge is 0.281 e. The van der Waals surface area contributed by atoms with Gasteiger partial charge in [0.25, 0.3) is 10.2 Å². The van der Waals surface area contributed by atoms with Gasteiger partial charge in [-0.05, 0) is 29.3 Å². The molecule has 4 rings (SSSR count). The molecule has 1 atom stereocenters. The van der Waals surface area contributed by atoms with E-state index in [1.807, 2.05) is 18.2 Å². The van der Waals surface area contributed by atoms with E-state index in [9.17, 15) is 8.42 Å². The maximum atomic E-state index is 12.3. The summed E-state index contributed by atoms with van der Waals surface area (Å²) >= 11 is 0. The van der Waals surface area contributed by atoms with Crippen LogP contribution in [-0.4, -0.2) is 60.2 Å². The van der Waals surface area contributed by atoms with Crippen LogP contribution in [-0.2, 0) is 10.2 Å². The topological polar surface area (TPSA) is 78.4 Å². The predicted molar refractivity (Wildman–Crippen MR) is 111 cm³/mol. The van der Waals surface area contributed by atoms with Crippen molar-refractivity contribution in [1.82, 2.24) is 18.6 Å². The third-order valence-corrected chi connectivity index (χ3v) is 6.88. The number of nitrogens with zero attached hydrogens (tertiary/aromatic N) is 4. The summed E-state index contributed by atoms with van der Waals surface area (Å²) in [6, 6.07) is 16.3. The zero-order valence-corrected chi connectivity index (χ0v) is 16.7. The Morgan fingerprint density at radius 3 is 2.68 bits per heavy atom. The third-order valence-electron chi connectivity index (χ3n) is 4.97. The molecule has 0 bridgehead atoms. The van der Waals surface area contributed by atoms with E-state index in [-0.39, 0.29) is 6.04 Å². The quantitative estimate of drug-likeness (QED) is 0.716. The van der Waals surface area contributed by atoms with Gasteiger partial charge < -0.3 is 5.32 Å². The first-order valence-electron chi connectivity index (χ1n) is 9.20. The summed E-state index contributed by atoms with van der Waals surface area (Å²) in [5.41, 5.74) is 1.85. The van der Waals surface area contributed by atoms with Gasteiger partial charge in [-0.2, -0.15) is 17.0 Å². The van der Waals surface area contributed by atoms with E-state index in [0.717, 1.165) is 23.1 Å². The Bertz CT molecular complexity index is 1100. The Morgan fingerprint density at radius 2 is 1.89 bits per heavy atom. The predicted octanol–water partition coefficient (Wildman–Crippen LogP) is 2.59. The van der Waals surface area contributed by atoms with E-state index < -0.39 is 10.2 Å². The fraction of sp³-hybridized carbons (Fsp3) is 0.300. The molecule has 0 aliphatic carbocycles. The first-order chi connectivity index (χ1) is 13.4. The van der Waals surface area contributed by atoms with Crippen LogP contribution in [0.1, 0.15) is 6.42 Å². The Hall–Kier alpha value is -2.55. The van der Waals surface area contributed by atoms with E-state index >= 15 is 0 Å². The van der Waals surface area contributed by atoms with Crippen LogP contribution in [0.3, 0.4) is 0 Å². The molecule has 146 valence electrons. The van der Waals surface area contributed by atoms with Crippen molar-refractivity contribution < 1.29 is 8.42 Å². The Morgan fingerprint density at radius 1 is 1.11 bits per heavy atom. The van der Waals surface area contributed by atoms with Crippen molar-refractivity contribution in [1.29, 1.82) is 0 Å². The van der Waals surface area contributed by atoms with Crippen molar-refractivity contribution in [3.63, 3.8) is 0 Å². The third kappa shape index (κ3) is 3.71. The molecule has 1 aromatic heterocycles. The second kappa shape index (κ2) is 7.46. The number of hydrogen-bond acceptors (Lipinski definition) is 5. The molecule has 1 aliphatic heterocycles. The van der Waals surface area contributed by atoms with Gasteiger partial charge in [-0.25, -0.2) is 9.97 Å². The molecule has 7 nitrogen and oxygen atoms in total. The van der Waals surface area contributed by atoms with Crippen molar-refractivity contribution in [2.24, 2.45) is 0 Å². The molecule has 8 heteroatoms. The van der Waals surface area contributed by atoms with E-state index in [4.69, 9.17) is 0 Å². The summed E-state index contributed by atoms with van der Waals surface area (Å²) < 4.78 is 27.3. The van der Waals surface area contributed by atoms with Gasteiger partial charge in [0.05, 0.1) is 5.69 Å². The summed E-state index contributed by atoms with van der Waals surface area (Å²) in [6.07, 6.45) is 2.44. The molecule has 0 saturated carbocycles. The van der Waals surface area contributed by atoms with Gasteiger partial charge in [0, 0.05) is 45.0 Å². The molecule has 1 N–H and O–H groups in total. The number of fused-ring (bicyclic) bond motifs is 1. The summed E-state index contributed by atoms with van der Waals surface area (Å²) in [4.78, 5) is 8.95. The second-order valence-corrected chi connectivity index (χ2v) is 9.25. The fourth-order valence-corrected chi connectivity index (χ4v) is 4.57. The molecule has 0 radical (unpaired) electrons. The Labute approximate surface area is 165 Å². The van der Waals surface area contributed by atoms with Gasteiger partial charge in [-0.1, -0.05) is 36.4 Å². The highest BCUT2D eigenvalue weighted by Gasteiger charge is 2.33. The largest absolute Gasteiger partial charge is 0.350 e. The molecule has 28 heavy (non-hydrogen) atoms. The van der Waals surface area contributed by atoms with Crippen LogP contribution in [0.2, 0.25) is 0 Å². The number of hydrogen-bond donors (Lipinski definition) is 1. The molecule has 1 fully saturated rings. The monoisotopic (exact) mass is 397 g/mol. The van der Waals surface area contributed by atoms with Crippen LogP contribution in [0, 0.1) is 0 Å². The van der Waals surface area contributed by atoms with Crippen LogP contribution in [0.25, 0.3) is 22.0 Å². The number of anilines is 1. The Balaban J connectivity index is 1.51. The molecule has 1 aliphatic rings. The number of aromatic nitrogens is 2. The highest BCUT2D eigenvalue weighted by atomic mass is 32.2. The normalized spacial score (nSPS) is 18.0. The summed E-state index contributed by atoms with van der Waals surface area (Å²) in [6.45, 7) is 0.895. The lowest BCUT2D eigenvalue weighted by Gasteiger charge is -2.21. The van der Waals surface area contributed by atoms with Gasteiger partial charge in [-0.3, -0.25) is 0 Å². The van der Waals surface area contributed by atoms with Crippen LogP contribution >= 0.6 is 0 Å². The molecule has 0 unspecified atom stereocenters. The van der Waals surface area contributed by atoms with Crippen LogP contribution in [0.5, 0.6) is 0 Å². The molecule has 2 aromatic carbocycles. The van der Waals surface area contributed by atoms with Gasteiger partial charge in [0.1, 0.15) is 0 Å². The highest BCUT2D eigenvalue weighted by Crippen LogP contribution is 2.24. The van der Waals surface area contributed by atoms with Crippen LogP contribution in [0.4, 0.5) is 5.95 Å². The first kappa shape index (κ1) is 18.8. The zero-order valence-electron chi connectivity index (χ0n) is 15.9. The Kier molecular flexibility index (Phi) is 5.01. The van der Waals surface area contributed by atoms with Crippen LogP contribution in [0.15, 0.2) is 54.7 Å². The average molecular weight is 398 g/mol. The highest BCUT2D eigenvalue weighted by molar-refractivity contribution is 7.86. The lowest BCUT2D eigenvalue weighted by atomic mass is 10.1. The minimum absolute atomic E-state index is 0.0124. The van der Waals surface area contributed by atoms with E-state index in [1.165, 1.54) is 14.0 Å². The molecule has 1 saturated heterocycles. The number of rotatable bonds is 5. The molecule has 0 amide bonds. The summed E-state index contributed by atoms with van der Waals surface area (Å²) in [5, 5.41) is 5.63. The maximum absolute atomic E-state index is 12.3. The lowest BCUT2D eigenvalue weighted by Crippen LogP contribution is -2.39. The first-order valence-corrected chi connectivity index (χ1v) is 10.6. The standard InChI is InChI=1S/C20H23N5O2S/c1-24(2)28(26,27)25-12-10-18(14-25)22-20-21-11-9-19(23-20)17-8-7-15-5-3-4-6-16(15)13-17/h3-9,11,13,18H,10,12,14H2,1-2H3,(H,21,22,23)/t18-/m1/s1. The minimum Gasteiger partial charge on any atom is -0.350 e.